The summed E-state index contributed by atoms with van der Waals surface area (Å²) in [7, 11) is 1.58. The zero-order valence-corrected chi connectivity index (χ0v) is 22.4. The number of hydrogen-bond donors (Lipinski definition) is 2. The Hall–Kier alpha value is -3.80. The number of halogens is 1. The molecule has 3 rings (SSSR count). The van der Waals surface area contributed by atoms with Gasteiger partial charge in [0.25, 0.3) is 0 Å². The van der Waals surface area contributed by atoms with Gasteiger partial charge in [-0.25, -0.2) is 4.39 Å². The molecule has 0 amide bonds. The van der Waals surface area contributed by atoms with Crippen molar-refractivity contribution < 1.29 is 23.4 Å². The van der Waals surface area contributed by atoms with Gasteiger partial charge in [-0.15, -0.1) is 0 Å². The lowest BCUT2D eigenvalue weighted by atomic mass is 9.84. The number of ether oxygens (including phenoxy) is 3. The molecule has 0 bridgehead atoms. The minimum atomic E-state index is -0.647. The lowest BCUT2D eigenvalue weighted by Crippen LogP contribution is -2.30. The van der Waals surface area contributed by atoms with Gasteiger partial charge >= 0.3 is 0 Å². The second-order valence-corrected chi connectivity index (χ2v) is 9.74. The maximum Gasteiger partial charge on any atom is 0.197 e. The number of carbonyl (C=O) groups excluding carboxylic acids is 1. The SMILES string of the molecule is CCOc1cc2c(c(F)c1OCC)C(=N)N(CC(=O)c1cc(NCCC#N)c(OC)c(C(C)(C)C)c1)C2. The highest BCUT2D eigenvalue weighted by molar-refractivity contribution is 6.06. The summed E-state index contributed by atoms with van der Waals surface area (Å²) in [4.78, 5) is 15.0. The highest BCUT2D eigenvalue weighted by atomic mass is 19.1. The van der Waals surface area contributed by atoms with Gasteiger partial charge in [-0.05, 0) is 43.0 Å². The molecule has 1 aliphatic rings. The van der Waals surface area contributed by atoms with E-state index in [1.54, 1.807) is 38.0 Å². The first-order chi connectivity index (χ1) is 17.6. The van der Waals surface area contributed by atoms with Crippen LogP contribution in [0, 0.1) is 22.6 Å². The Morgan fingerprint density at radius 1 is 1.19 bits per heavy atom. The first-order valence-electron chi connectivity index (χ1n) is 12.4. The van der Waals surface area contributed by atoms with Gasteiger partial charge in [0.2, 0.25) is 0 Å². The number of benzene rings is 2. The van der Waals surface area contributed by atoms with Crippen LogP contribution in [0.3, 0.4) is 0 Å². The maximum atomic E-state index is 15.4. The van der Waals surface area contributed by atoms with Gasteiger partial charge in [-0.2, -0.15) is 5.26 Å². The van der Waals surface area contributed by atoms with Crippen LogP contribution < -0.4 is 19.5 Å². The van der Waals surface area contributed by atoms with Gasteiger partial charge in [0.05, 0.1) is 50.6 Å². The number of methoxy groups -OCH3 is 1. The molecule has 0 unspecified atom stereocenters. The fourth-order valence-electron chi connectivity index (χ4n) is 4.37. The minimum Gasteiger partial charge on any atom is -0.494 e. The van der Waals surface area contributed by atoms with Crippen LogP contribution in [0.25, 0.3) is 0 Å². The molecule has 0 radical (unpaired) electrons. The van der Waals surface area contributed by atoms with Crippen LogP contribution in [0.2, 0.25) is 0 Å². The molecular weight excluding hydrogens is 475 g/mol. The molecule has 1 heterocycles. The van der Waals surface area contributed by atoms with Crippen molar-refractivity contribution >= 4 is 17.3 Å². The van der Waals surface area contributed by atoms with Gasteiger partial charge < -0.3 is 24.4 Å². The molecule has 0 atom stereocenters. The second kappa shape index (κ2) is 11.5. The van der Waals surface area contributed by atoms with Crippen LogP contribution in [0.5, 0.6) is 17.2 Å². The third kappa shape index (κ3) is 5.79. The maximum absolute atomic E-state index is 15.4. The van der Waals surface area contributed by atoms with Crippen molar-refractivity contribution in [3.63, 3.8) is 0 Å². The molecule has 2 N–H and O–H groups in total. The van der Waals surface area contributed by atoms with Crippen molar-refractivity contribution in [2.75, 3.05) is 38.7 Å². The van der Waals surface area contributed by atoms with Crippen molar-refractivity contribution in [3.05, 3.63) is 46.3 Å². The zero-order valence-electron chi connectivity index (χ0n) is 22.4. The van der Waals surface area contributed by atoms with E-state index >= 15 is 4.39 Å². The summed E-state index contributed by atoms with van der Waals surface area (Å²) in [6.45, 7) is 10.7. The Morgan fingerprint density at radius 3 is 2.49 bits per heavy atom. The topological polar surface area (TPSA) is 108 Å². The standard InChI is InChI=1S/C28H35FN4O4/c1-7-36-22-14-18-15-33(27(31)23(18)24(29)26(22)37-8-2)16-21(34)17-12-19(28(3,4)5)25(35-6)20(13-17)32-11-9-10-30/h12-14,31-32H,7-9,11,15-16H2,1-6H3. The van der Waals surface area contributed by atoms with E-state index in [9.17, 15) is 4.79 Å². The third-order valence-corrected chi connectivity index (χ3v) is 6.08. The van der Waals surface area contributed by atoms with E-state index in [-0.39, 0.29) is 48.0 Å². The number of ketones is 1. The van der Waals surface area contributed by atoms with E-state index < -0.39 is 5.82 Å². The molecule has 0 fully saturated rings. The minimum absolute atomic E-state index is 0.0147. The molecule has 0 saturated heterocycles. The van der Waals surface area contributed by atoms with Crippen molar-refractivity contribution in [1.82, 2.24) is 4.90 Å². The lowest BCUT2D eigenvalue weighted by molar-refractivity contribution is 0.0962. The lowest BCUT2D eigenvalue weighted by Gasteiger charge is -2.26. The Morgan fingerprint density at radius 2 is 1.89 bits per heavy atom. The predicted molar refractivity (Wildman–Crippen MR) is 141 cm³/mol. The molecule has 0 aromatic heterocycles. The van der Waals surface area contributed by atoms with E-state index in [1.807, 2.05) is 26.8 Å². The molecule has 2 aromatic rings. The Kier molecular flexibility index (Phi) is 8.64. The number of nitrogens with one attached hydrogen (secondary N) is 2. The van der Waals surface area contributed by atoms with Gasteiger partial charge in [-0.3, -0.25) is 10.2 Å². The number of hydrogen-bond acceptors (Lipinski definition) is 7. The molecule has 0 saturated carbocycles. The van der Waals surface area contributed by atoms with E-state index in [2.05, 4.69) is 11.4 Å². The Bertz CT molecular complexity index is 1230. The van der Waals surface area contributed by atoms with Crippen LogP contribution in [-0.4, -0.2) is 49.9 Å². The smallest absolute Gasteiger partial charge is 0.197 e. The van der Waals surface area contributed by atoms with Crippen LogP contribution >= 0.6 is 0 Å². The number of nitriles is 1. The molecular formula is C28H35FN4O4. The van der Waals surface area contributed by atoms with Crippen LogP contribution in [0.4, 0.5) is 10.1 Å². The summed E-state index contributed by atoms with van der Waals surface area (Å²) in [5.74, 6) is -0.0338. The fourth-order valence-corrected chi connectivity index (χ4v) is 4.37. The first kappa shape index (κ1) is 27.8. The molecule has 198 valence electrons. The molecule has 1 aliphatic heterocycles. The molecule has 2 aromatic carbocycles. The average Bonchev–Trinajstić information content (AvgIpc) is 3.15. The highest BCUT2D eigenvalue weighted by Crippen LogP contribution is 2.40. The van der Waals surface area contributed by atoms with Crippen molar-refractivity contribution in [3.8, 4) is 23.3 Å². The summed E-state index contributed by atoms with van der Waals surface area (Å²) >= 11 is 0. The van der Waals surface area contributed by atoms with Crippen LogP contribution in [-0.2, 0) is 12.0 Å². The number of nitrogens with zero attached hydrogens (tertiary/aromatic N) is 2. The second-order valence-electron chi connectivity index (χ2n) is 9.74. The Balaban J connectivity index is 1.94. The monoisotopic (exact) mass is 510 g/mol. The molecule has 37 heavy (non-hydrogen) atoms. The number of fused-ring (bicyclic) bond motifs is 1. The number of anilines is 1. The first-order valence-corrected chi connectivity index (χ1v) is 12.4. The van der Waals surface area contributed by atoms with Gasteiger partial charge in [-0.1, -0.05) is 20.8 Å². The van der Waals surface area contributed by atoms with Crippen LogP contribution in [0.15, 0.2) is 18.2 Å². The summed E-state index contributed by atoms with van der Waals surface area (Å²) in [6, 6.07) is 7.31. The average molecular weight is 511 g/mol. The normalized spacial score (nSPS) is 12.7. The highest BCUT2D eigenvalue weighted by Gasteiger charge is 2.33. The van der Waals surface area contributed by atoms with E-state index in [0.29, 0.717) is 47.9 Å². The zero-order chi connectivity index (χ0) is 27.3. The van der Waals surface area contributed by atoms with E-state index in [4.69, 9.17) is 24.9 Å². The molecule has 0 spiro atoms. The van der Waals surface area contributed by atoms with Crippen molar-refractivity contribution in [1.29, 1.82) is 10.7 Å². The molecule has 0 aliphatic carbocycles. The summed E-state index contributed by atoms with van der Waals surface area (Å²) in [5, 5.41) is 20.7. The summed E-state index contributed by atoms with van der Waals surface area (Å²) in [5.41, 5.74) is 2.29. The number of rotatable bonds is 11. The van der Waals surface area contributed by atoms with E-state index in [0.717, 1.165) is 5.56 Å². The number of carbonyl (C=O) groups is 1. The molecule has 8 nitrogen and oxygen atoms in total. The number of Topliss-reactive ketones (excluding diaryl/α,β-unsaturated/α-hetero) is 1. The largest absolute Gasteiger partial charge is 0.494 e. The summed E-state index contributed by atoms with van der Waals surface area (Å²) in [6.07, 6.45) is 0.300. The quantitative estimate of drug-likeness (QED) is 0.313. The Labute approximate surface area is 217 Å². The fraction of sp³-hybridized carbons (Fsp3) is 0.464. The van der Waals surface area contributed by atoms with Gasteiger partial charge in [0.1, 0.15) is 11.6 Å². The van der Waals surface area contributed by atoms with Crippen LogP contribution in [0.1, 0.15) is 68.1 Å². The van der Waals surface area contributed by atoms with Crippen molar-refractivity contribution in [2.24, 2.45) is 0 Å². The number of amidine groups is 1. The van der Waals surface area contributed by atoms with E-state index in [1.165, 1.54) is 0 Å². The van der Waals surface area contributed by atoms with Crippen molar-refractivity contribution in [2.45, 2.75) is 53.0 Å². The third-order valence-electron chi connectivity index (χ3n) is 6.08. The predicted octanol–water partition coefficient (Wildman–Crippen LogP) is 5.28. The molecule has 9 heteroatoms. The summed E-state index contributed by atoms with van der Waals surface area (Å²) < 4.78 is 32.1. The van der Waals surface area contributed by atoms with Gasteiger partial charge in [0.15, 0.2) is 23.1 Å². The van der Waals surface area contributed by atoms with Gasteiger partial charge in [0, 0.05) is 24.2 Å².